The highest BCUT2D eigenvalue weighted by molar-refractivity contribution is 5.89. The number of esters is 1. The molecule has 3 saturated carbocycles. The average Bonchev–Trinajstić information content (AvgIpc) is 3.02. The Kier molecular flexibility index (Phi) is 4.74. The molecule has 5 N–H and O–H groups in total. The van der Waals surface area contributed by atoms with Gasteiger partial charge in [0.2, 0.25) is 0 Å². The molecule has 3 aliphatic carbocycles. The highest BCUT2D eigenvalue weighted by Gasteiger charge is 2.91. The lowest BCUT2D eigenvalue weighted by molar-refractivity contribution is -0.403. The predicted molar refractivity (Wildman–Crippen MR) is 104 cm³/mol. The maximum absolute atomic E-state index is 12.6. The van der Waals surface area contributed by atoms with Crippen LogP contribution in [0.5, 0.6) is 0 Å². The minimum Gasteiger partial charge on any atom is -0.461 e. The molecule has 180 valence electrons. The number of aliphatic hydroxyl groups excluding tert-OH is 4. The third-order valence-electron chi connectivity index (χ3n) is 8.11. The second kappa shape index (κ2) is 7.17. The van der Waals surface area contributed by atoms with Crippen LogP contribution in [-0.2, 0) is 23.7 Å². The Morgan fingerprint density at radius 1 is 1.06 bits per heavy atom. The van der Waals surface area contributed by atoms with Crippen molar-refractivity contribution >= 4 is 5.97 Å². The van der Waals surface area contributed by atoms with Crippen molar-refractivity contribution in [1.29, 1.82) is 0 Å². The highest BCUT2D eigenvalue weighted by atomic mass is 16.8. The number of carbonyl (C=O) groups is 1. The summed E-state index contributed by atoms with van der Waals surface area (Å²) in [4.78, 5) is 12.6. The van der Waals surface area contributed by atoms with E-state index >= 15 is 0 Å². The fraction of sp³-hybridized carbons (Fsp3) is 0.682. The third kappa shape index (κ3) is 2.68. The van der Waals surface area contributed by atoms with E-state index in [1.54, 1.807) is 30.3 Å². The first-order valence-corrected chi connectivity index (χ1v) is 11.0. The van der Waals surface area contributed by atoms with Gasteiger partial charge in [-0.3, -0.25) is 0 Å². The van der Waals surface area contributed by atoms with E-state index < -0.39 is 78.4 Å². The Morgan fingerprint density at radius 3 is 2.55 bits per heavy atom. The molecular weight excluding hydrogens is 440 g/mol. The molecule has 11 nitrogen and oxygen atoms in total. The third-order valence-corrected chi connectivity index (χ3v) is 8.11. The minimum atomic E-state index is -1.60. The van der Waals surface area contributed by atoms with Gasteiger partial charge in [-0.25, -0.2) is 4.79 Å². The molecule has 0 amide bonds. The van der Waals surface area contributed by atoms with Crippen LogP contribution >= 0.6 is 0 Å². The topological polar surface area (TPSA) is 164 Å². The predicted octanol–water partition coefficient (Wildman–Crippen LogP) is -1.75. The van der Waals surface area contributed by atoms with Crippen molar-refractivity contribution in [2.75, 3.05) is 13.2 Å². The largest absolute Gasteiger partial charge is 0.461 e. The molecule has 8 rings (SSSR count). The van der Waals surface area contributed by atoms with Crippen LogP contribution < -0.4 is 0 Å². The van der Waals surface area contributed by atoms with Crippen molar-refractivity contribution in [3.05, 3.63) is 35.9 Å². The molecule has 6 bridgehead atoms. The van der Waals surface area contributed by atoms with Crippen molar-refractivity contribution < 1.29 is 54.0 Å². The molecule has 0 radical (unpaired) electrons. The van der Waals surface area contributed by atoms with Crippen molar-refractivity contribution in [1.82, 2.24) is 0 Å². The van der Waals surface area contributed by atoms with Gasteiger partial charge in [-0.05, 0) is 18.6 Å². The lowest BCUT2D eigenvalue weighted by atomic mass is 9.44. The maximum atomic E-state index is 12.6. The van der Waals surface area contributed by atoms with Gasteiger partial charge in [0.05, 0.1) is 23.7 Å². The van der Waals surface area contributed by atoms with Gasteiger partial charge in [0.15, 0.2) is 18.4 Å². The highest BCUT2D eigenvalue weighted by Crippen LogP contribution is 2.78. The minimum absolute atomic E-state index is 0.125. The van der Waals surface area contributed by atoms with Crippen LogP contribution in [0, 0.1) is 11.3 Å². The zero-order valence-corrected chi connectivity index (χ0v) is 17.5. The van der Waals surface area contributed by atoms with Crippen LogP contribution in [-0.4, -0.2) is 99.2 Å². The standard InChI is InChI=1S/C22H26O11/c23-8-11-14(24)15(25)16(26)18(30-11)32-21-6-12-20(21,19-31-13(21)7-22(12,28)33-19)9-29-17(27)10-4-2-1-3-5-10/h1-5,11-16,18-19,23-26,28H,6-9H2/t11-,12+,13-,14-,15+,16-,18+,19+,20-,21-,22+/m1/s1. The Balaban J connectivity index is 1.28. The van der Waals surface area contributed by atoms with Crippen molar-refractivity contribution in [3.63, 3.8) is 0 Å². The van der Waals surface area contributed by atoms with Crippen LogP contribution in [0.1, 0.15) is 23.2 Å². The van der Waals surface area contributed by atoms with E-state index in [4.69, 9.17) is 23.7 Å². The lowest BCUT2D eigenvalue weighted by Gasteiger charge is -2.64. The summed E-state index contributed by atoms with van der Waals surface area (Å²) in [5.74, 6) is -2.43. The van der Waals surface area contributed by atoms with Gasteiger partial charge in [-0.15, -0.1) is 0 Å². The zero-order chi connectivity index (χ0) is 23.2. The van der Waals surface area contributed by atoms with E-state index in [0.717, 1.165) is 0 Å². The molecule has 7 fully saturated rings. The zero-order valence-electron chi connectivity index (χ0n) is 17.5. The van der Waals surface area contributed by atoms with Gasteiger partial charge < -0.3 is 49.2 Å². The maximum Gasteiger partial charge on any atom is 0.338 e. The SMILES string of the molecule is O=C(OC[C@]12[C@H]3O[C@@H]4C[C@](O)(O3)[C@H]1C[C@@]42O[C@@H]1O[C@H](CO)[C@@H](O)[C@H](O)[C@H]1O)c1ccccc1. The van der Waals surface area contributed by atoms with Gasteiger partial charge in [-0.1, -0.05) is 18.2 Å². The van der Waals surface area contributed by atoms with Crippen molar-refractivity contribution in [2.45, 2.75) is 67.3 Å². The molecule has 7 aliphatic rings. The summed E-state index contributed by atoms with van der Waals surface area (Å²) in [5.41, 5.74) is -1.81. The summed E-state index contributed by atoms with van der Waals surface area (Å²) >= 11 is 0. The molecule has 4 heterocycles. The Morgan fingerprint density at radius 2 is 1.82 bits per heavy atom. The smallest absolute Gasteiger partial charge is 0.338 e. The average molecular weight is 466 g/mol. The quantitative estimate of drug-likeness (QED) is 0.302. The second-order valence-corrected chi connectivity index (χ2v) is 9.57. The van der Waals surface area contributed by atoms with Gasteiger partial charge >= 0.3 is 5.97 Å². The number of carbonyl (C=O) groups excluding carboxylic acids is 1. The molecular formula is C22H26O11. The van der Waals surface area contributed by atoms with Crippen molar-refractivity contribution in [3.8, 4) is 0 Å². The Bertz CT molecular complexity index is 942. The van der Waals surface area contributed by atoms with Crippen LogP contribution in [0.2, 0.25) is 0 Å². The fourth-order valence-electron chi connectivity index (χ4n) is 6.39. The van der Waals surface area contributed by atoms with Crippen LogP contribution in [0.4, 0.5) is 0 Å². The first kappa shape index (κ1) is 21.8. The summed E-state index contributed by atoms with van der Waals surface area (Å²) in [7, 11) is 0. The Hall–Kier alpha value is -1.67. The molecule has 0 aromatic heterocycles. The van der Waals surface area contributed by atoms with E-state index in [9.17, 15) is 30.3 Å². The summed E-state index contributed by atoms with van der Waals surface area (Å²) in [6, 6.07) is 8.46. The normalized spacial score (nSPS) is 51.4. The summed E-state index contributed by atoms with van der Waals surface area (Å²) in [5, 5.41) is 51.3. The monoisotopic (exact) mass is 466 g/mol. The van der Waals surface area contributed by atoms with E-state index in [-0.39, 0.29) is 13.0 Å². The van der Waals surface area contributed by atoms with E-state index in [1.807, 2.05) is 0 Å². The molecule has 11 heteroatoms. The van der Waals surface area contributed by atoms with Crippen LogP contribution in [0.3, 0.4) is 0 Å². The van der Waals surface area contributed by atoms with Gasteiger partial charge in [0, 0.05) is 12.3 Å². The van der Waals surface area contributed by atoms with Crippen LogP contribution in [0.15, 0.2) is 30.3 Å². The summed E-state index contributed by atoms with van der Waals surface area (Å²) in [6.07, 6.45) is -8.35. The molecule has 4 aliphatic heterocycles. The van der Waals surface area contributed by atoms with Gasteiger partial charge in [0.1, 0.15) is 36.6 Å². The summed E-state index contributed by atoms with van der Waals surface area (Å²) in [6.45, 7) is -0.752. The first-order chi connectivity index (χ1) is 15.8. The number of hydrogen-bond donors (Lipinski definition) is 5. The Labute approximate surface area is 188 Å². The number of aliphatic hydroxyl groups is 5. The molecule has 11 atom stereocenters. The lowest BCUT2D eigenvalue weighted by Crippen LogP contribution is -2.77. The van der Waals surface area contributed by atoms with Crippen molar-refractivity contribution in [2.24, 2.45) is 11.3 Å². The molecule has 0 unspecified atom stereocenters. The van der Waals surface area contributed by atoms with E-state index in [2.05, 4.69) is 0 Å². The van der Waals surface area contributed by atoms with Crippen LogP contribution in [0.25, 0.3) is 0 Å². The molecule has 1 aromatic rings. The molecule has 1 aromatic carbocycles. The number of hydrogen-bond acceptors (Lipinski definition) is 11. The number of benzene rings is 1. The van der Waals surface area contributed by atoms with Gasteiger partial charge in [0.25, 0.3) is 0 Å². The summed E-state index contributed by atoms with van der Waals surface area (Å²) < 4.78 is 29.2. The molecule has 33 heavy (non-hydrogen) atoms. The number of ether oxygens (including phenoxy) is 5. The van der Waals surface area contributed by atoms with E-state index in [0.29, 0.717) is 12.0 Å². The second-order valence-electron chi connectivity index (χ2n) is 9.57. The fourth-order valence-corrected chi connectivity index (χ4v) is 6.39. The first-order valence-electron chi connectivity index (χ1n) is 11.0. The number of rotatable bonds is 6. The molecule has 4 saturated heterocycles. The van der Waals surface area contributed by atoms with Gasteiger partial charge in [-0.2, -0.15) is 0 Å². The van der Waals surface area contributed by atoms with E-state index in [1.165, 1.54) is 0 Å². The molecule has 0 spiro atoms.